The average molecular weight is 642 g/mol. The fraction of sp³-hybridized carbons (Fsp3) is 0. The number of pyridine rings is 1. The van der Waals surface area contributed by atoms with Crippen molar-refractivity contribution in [2.45, 2.75) is 0 Å². The van der Waals surface area contributed by atoms with E-state index in [-0.39, 0.29) is 0 Å². The van der Waals surface area contributed by atoms with Gasteiger partial charge in [0.05, 0.1) is 17.1 Å². The van der Waals surface area contributed by atoms with Crippen molar-refractivity contribution in [3.05, 3.63) is 164 Å². The van der Waals surface area contributed by atoms with Crippen LogP contribution in [-0.2, 0) is 0 Å². The number of para-hydroxylation sites is 2. The van der Waals surface area contributed by atoms with Gasteiger partial charge < -0.3 is 8.83 Å². The molecule has 10 aromatic rings. The SMILES string of the molecule is c1ccc(-c2nc(-c3ccccc3-c3ccccn3)cc(-c3ccc(-c4cccc5oc6ccccc6c45)c4c3oc3ccccc34)n2)cc1. The molecule has 6 aromatic carbocycles. The highest BCUT2D eigenvalue weighted by molar-refractivity contribution is 6.21. The highest BCUT2D eigenvalue weighted by atomic mass is 16.3. The quantitative estimate of drug-likeness (QED) is 0.187. The second kappa shape index (κ2) is 11.4. The molecule has 0 aliphatic carbocycles. The van der Waals surface area contributed by atoms with Gasteiger partial charge in [0.2, 0.25) is 0 Å². The van der Waals surface area contributed by atoms with Crippen molar-refractivity contribution in [1.82, 2.24) is 15.0 Å². The lowest BCUT2D eigenvalue weighted by Gasteiger charge is -2.13. The van der Waals surface area contributed by atoms with E-state index >= 15 is 0 Å². The Bertz CT molecular complexity index is 2870. The van der Waals surface area contributed by atoms with E-state index in [1.54, 1.807) is 0 Å². The summed E-state index contributed by atoms with van der Waals surface area (Å²) in [5.41, 5.74) is 11.7. The van der Waals surface area contributed by atoms with Gasteiger partial charge in [0, 0.05) is 50.0 Å². The zero-order valence-corrected chi connectivity index (χ0v) is 26.7. The molecule has 0 aliphatic rings. The predicted octanol–water partition coefficient (Wildman–Crippen LogP) is 12.0. The molecule has 0 unspecified atom stereocenters. The summed E-state index contributed by atoms with van der Waals surface area (Å²) < 4.78 is 13.1. The maximum absolute atomic E-state index is 6.77. The number of fused-ring (bicyclic) bond motifs is 6. The number of rotatable bonds is 5. The van der Waals surface area contributed by atoms with Gasteiger partial charge in [-0.05, 0) is 53.6 Å². The van der Waals surface area contributed by atoms with Crippen LogP contribution in [0.15, 0.2) is 173 Å². The fourth-order valence-corrected chi connectivity index (χ4v) is 7.14. The van der Waals surface area contributed by atoms with Crippen molar-refractivity contribution in [2.75, 3.05) is 0 Å². The Balaban J connectivity index is 1.26. The van der Waals surface area contributed by atoms with Crippen molar-refractivity contribution in [3.63, 3.8) is 0 Å². The zero-order chi connectivity index (χ0) is 33.0. The van der Waals surface area contributed by atoms with Crippen LogP contribution in [0.3, 0.4) is 0 Å². The zero-order valence-electron chi connectivity index (χ0n) is 26.7. The van der Waals surface area contributed by atoms with Crippen LogP contribution >= 0.6 is 0 Å². The monoisotopic (exact) mass is 641 g/mol. The maximum atomic E-state index is 6.77. The Morgan fingerprint density at radius 2 is 0.960 bits per heavy atom. The number of hydrogen-bond donors (Lipinski definition) is 0. The first-order valence-corrected chi connectivity index (χ1v) is 16.6. The molecule has 4 heterocycles. The summed E-state index contributed by atoms with van der Waals surface area (Å²) in [6.45, 7) is 0. The summed E-state index contributed by atoms with van der Waals surface area (Å²) in [7, 11) is 0. The van der Waals surface area contributed by atoms with E-state index in [2.05, 4.69) is 71.7 Å². The van der Waals surface area contributed by atoms with Crippen molar-refractivity contribution in [1.29, 1.82) is 0 Å². The summed E-state index contributed by atoms with van der Waals surface area (Å²) in [6, 6.07) is 53.5. The van der Waals surface area contributed by atoms with E-state index in [9.17, 15) is 0 Å². The lowest BCUT2D eigenvalue weighted by Crippen LogP contribution is -1.97. The van der Waals surface area contributed by atoms with Crippen LogP contribution in [0.2, 0.25) is 0 Å². The van der Waals surface area contributed by atoms with Crippen molar-refractivity contribution >= 4 is 43.9 Å². The van der Waals surface area contributed by atoms with Gasteiger partial charge >= 0.3 is 0 Å². The molecule has 0 amide bonds. The molecular formula is C45H27N3O2. The van der Waals surface area contributed by atoms with E-state index in [0.717, 1.165) is 94.3 Å². The molecule has 0 radical (unpaired) electrons. The molecule has 0 fully saturated rings. The highest BCUT2D eigenvalue weighted by Gasteiger charge is 2.22. The van der Waals surface area contributed by atoms with E-state index in [1.807, 2.05) is 97.2 Å². The van der Waals surface area contributed by atoms with Gasteiger partial charge in [-0.1, -0.05) is 115 Å². The minimum Gasteiger partial charge on any atom is -0.456 e. The largest absolute Gasteiger partial charge is 0.456 e. The summed E-state index contributed by atoms with van der Waals surface area (Å²) in [6.07, 6.45) is 1.82. The number of benzene rings is 6. The van der Waals surface area contributed by atoms with Gasteiger partial charge in [0.25, 0.3) is 0 Å². The van der Waals surface area contributed by atoms with Crippen molar-refractivity contribution < 1.29 is 8.83 Å². The van der Waals surface area contributed by atoms with Gasteiger partial charge in [0.1, 0.15) is 22.3 Å². The van der Waals surface area contributed by atoms with Gasteiger partial charge in [0.15, 0.2) is 5.82 Å². The molecule has 0 spiro atoms. The van der Waals surface area contributed by atoms with Crippen molar-refractivity contribution in [2.24, 2.45) is 0 Å². The van der Waals surface area contributed by atoms with Crippen LogP contribution < -0.4 is 0 Å². The first-order chi connectivity index (χ1) is 24.8. The molecule has 0 N–H and O–H groups in total. The van der Waals surface area contributed by atoms with E-state index in [4.69, 9.17) is 18.8 Å². The number of furan rings is 2. The van der Waals surface area contributed by atoms with Gasteiger partial charge in [-0.2, -0.15) is 0 Å². The topological polar surface area (TPSA) is 65.0 Å². The average Bonchev–Trinajstić information content (AvgIpc) is 3.77. The molecule has 4 aromatic heterocycles. The lowest BCUT2D eigenvalue weighted by molar-refractivity contribution is 0.668. The van der Waals surface area contributed by atoms with E-state index in [1.165, 1.54) is 0 Å². The number of aromatic nitrogens is 3. The van der Waals surface area contributed by atoms with Crippen LogP contribution in [0.5, 0.6) is 0 Å². The first kappa shape index (κ1) is 28.2. The van der Waals surface area contributed by atoms with Crippen molar-refractivity contribution in [3.8, 4) is 56.3 Å². The fourth-order valence-electron chi connectivity index (χ4n) is 7.14. The Kier molecular flexibility index (Phi) is 6.42. The first-order valence-electron chi connectivity index (χ1n) is 16.6. The van der Waals surface area contributed by atoms with Crippen LogP contribution in [-0.4, -0.2) is 15.0 Å². The lowest BCUT2D eigenvalue weighted by atomic mass is 9.93. The second-order valence-corrected chi connectivity index (χ2v) is 12.3. The standard InChI is InChI=1S/C45H27N3O2/c1-2-13-28(14-3-1)45-47-37(30-16-5-4-15-29(30)36-20-10-11-26-46-36)27-38(48-45)33-25-24-32(43-35-18-7-9-22-40(35)50-44(33)43)31-19-12-23-41-42(31)34-17-6-8-21-39(34)49-41/h1-27H. The normalized spacial score (nSPS) is 11.6. The minimum atomic E-state index is 0.636. The van der Waals surface area contributed by atoms with Gasteiger partial charge in [-0.25, -0.2) is 9.97 Å². The van der Waals surface area contributed by atoms with Crippen LogP contribution in [0, 0.1) is 0 Å². The van der Waals surface area contributed by atoms with Gasteiger partial charge in [-0.3, -0.25) is 4.98 Å². The third-order valence-corrected chi connectivity index (χ3v) is 9.40. The Morgan fingerprint density at radius 3 is 1.74 bits per heavy atom. The van der Waals surface area contributed by atoms with Gasteiger partial charge in [-0.15, -0.1) is 0 Å². The smallest absolute Gasteiger partial charge is 0.160 e. The summed E-state index contributed by atoms with van der Waals surface area (Å²) >= 11 is 0. The maximum Gasteiger partial charge on any atom is 0.160 e. The molecule has 0 bridgehead atoms. The summed E-state index contributed by atoms with van der Waals surface area (Å²) in [4.78, 5) is 15.0. The molecule has 50 heavy (non-hydrogen) atoms. The Hall–Kier alpha value is -6.85. The molecule has 234 valence electrons. The van der Waals surface area contributed by atoms with Crippen LogP contribution in [0.1, 0.15) is 0 Å². The molecule has 0 saturated carbocycles. The minimum absolute atomic E-state index is 0.636. The van der Waals surface area contributed by atoms with Crippen LogP contribution in [0.4, 0.5) is 0 Å². The van der Waals surface area contributed by atoms with E-state index < -0.39 is 0 Å². The Morgan fingerprint density at radius 1 is 0.380 bits per heavy atom. The Labute approximate surface area is 287 Å². The number of hydrogen-bond acceptors (Lipinski definition) is 5. The summed E-state index contributed by atoms with van der Waals surface area (Å²) in [5.74, 6) is 0.636. The second-order valence-electron chi connectivity index (χ2n) is 12.3. The van der Waals surface area contributed by atoms with Crippen LogP contribution in [0.25, 0.3) is 100 Å². The molecule has 5 nitrogen and oxygen atoms in total. The molecule has 5 heteroatoms. The third kappa shape index (κ3) is 4.52. The summed E-state index contributed by atoms with van der Waals surface area (Å²) in [5, 5.41) is 4.25. The number of nitrogens with zero attached hydrogens (tertiary/aromatic N) is 3. The molecule has 0 aliphatic heterocycles. The molecule has 0 atom stereocenters. The molecular weight excluding hydrogens is 615 g/mol. The predicted molar refractivity (Wildman–Crippen MR) is 202 cm³/mol. The molecule has 0 saturated heterocycles. The van der Waals surface area contributed by atoms with E-state index in [0.29, 0.717) is 5.82 Å². The highest BCUT2D eigenvalue weighted by Crippen LogP contribution is 2.45. The molecule has 10 rings (SSSR count). The third-order valence-electron chi connectivity index (χ3n) is 9.40.